The zero-order valence-electron chi connectivity index (χ0n) is 8.60. The molecule has 0 spiro atoms. The van der Waals surface area contributed by atoms with Crippen LogP contribution in [0, 0.1) is 0 Å². The predicted molar refractivity (Wildman–Crippen MR) is 43.1 cm³/mol. The third-order valence-electron chi connectivity index (χ3n) is 2.56. The van der Waals surface area contributed by atoms with Gasteiger partial charge in [0.05, 0.1) is 11.7 Å². The first-order chi connectivity index (χ1) is 6.65. The zero-order valence-corrected chi connectivity index (χ0v) is 11.7. The summed E-state index contributed by atoms with van der Waals surface area (Å²) in [6.45, 7) is 0. The molecule has 2 heterocycles. The molecule has 2 aliphatic rings. The van der Waals surface area contributed by atoms with E-state index in [1.165, 1.54) is 12.0 Å². The Morgan fingerprint density at radius 2 is 2.27 bits per heavy atom. The first-order valence-electron chi connectivity index (χ1n) is 4.27. The topological polar surface area (TPSA) is 82.0 Å². The van der Waals surface area contributed by atoms with E-state index in [0.29, 0.717) is 18.6 Å². The van der Waals surface area contributed by atoms with Crippen LogP contribution in [0.5, 0.6) is 0 Å². The summed E-state index contributed by atoms with van der Waals surface area (Å²) in [6, 6.07) is -1.06. The molecule has 2 rings (SSSR count). The molecule has 76 valence electrons. The minimum Gasteiger partial charge on any atom is -0.547 e. The molecule has 2 fully saturated rings. The van der Waals surface area contributed by atoms with Gasteiger partial charge in [0.15, 0.2) is 0 Å². The van der Waals surface area contributed by atoms with E-state index in [-0.39, 0.29) is 63.3 Å². The summed E-state index contributed by atoms with van der Waals surface area (Å²) in [5, 5.41) is 14.4. The van der Waals surface area contributed by atoms with Gasteiger partial charge in [0.25, 0.3) is 0 Å². The molecule has 0 bridgehead atoms. The Bertz CT molecular complexity index is 331. The van der Waals surface area contributed by atoms with Crippen LogP contribution in [-0.4, -0.2) is 41.7 Å². The van der Waals surface area contributed by atoms with Gasteiger partial charge in [0.2, 0.25) is 5.91 Å². The zero-order chi connectivity index (χ0) is 10.3. The number of amides is 1. The van der Waals surface area contributed by atoms with Crippen molar-refractivity contribution in [2.24, 2.45) is 5.16 Å². The number of carbonyl (C=O) groups excluding carboxylic acids is 2. The smallest absolute Gasteiger partial charge is 0.547 e. The van der Waals surface area contributed by atoms with Gasteiger partial charge in [0, 0.05) is 18.9 Å². The number of carboxylic acids is 1. The second-order valence-corrected chi connectivity index (χ2v) is 3.35. The maximum atomic E-state index is 11.1. The summed E-state index contributed by atoms with van der Waals surface area (Å²) in [6.07, 6.45) is 0.866. The molecule has 6 nitrogen and oxygen atoms in total. The van der Waals surface area contributed by atoms with Crippen LogP contribution in [0.2, 0.25) is 0 Å². The van der Waals surface area contributed by atoms with Crippen molar-refractivity contribution in [2.75, 3.05) is 7.11 Å². The molecule has 0 aromatic carbocycles. The normalized spacial score (nSPS) is 30.6. The van der Waals surface area contributed by atoms with Crippen molar-refractivity contribution in [2.45, 2.75) is 24.9 Å². The number of rotatable bonds is 2. The van der Waals surface area contributed by atoms with Crippen LogP contribution >= 0.6 is 0 Å². The van der Waals surface area contributed by atoms with Gasteiger partial charge < -0.3 is 19.6 Å². The fourth-order valence-corrected chi connectivity index (χ4v) is 1.99. The largest absolute Gasteiger partial charge is 1.00 e. The Balaban J connectivity index is 0.00000112. The van der Waals surface area contributed by atoms with Gasteiger partial charge in [-0.2, -0.15) is 0 Å². The number of hydrogen-bond acceptors (Lipinski definition) is 5. The van der Waals surface area contributed by atoms with Gasteiger partial charge in [-0.3, -0.25) is 4.79 Å². The predicted octanol–water partition coefficient (Wildman–Crippen LogP) is -4.88. The summed E-state index contributed by atoms with van der Waals surface area (Å²) < 4.78 is 0. The standard InChI is InChI=1S/C8H10N2O4.K/c1-14-9-5-2-4-3-6(11)10(4)7(5)8(12)13;/h4,7H,2-3H2,1H3,(H,12,13);/q;+1/p-1/b9-5-;/t4-,7-;/m1./s1. The van der Waals surface area contributed by atoms with Crippen molar-refractivity contribution in [3.8, 4) is 0 Å². The molecule has 7 heteroatoms. The van der Waals surface area contributed by atoms with Gasteiger partial charge in [-0.05, 0) is 0 Å². The van der Waals surface area contributed by atoms with Crippen LogP contribution in [0.25, 0.3) is 0 Å². The number of oxime groups is 1. The van der Waals surface area contributed by atoms with E-state index >= 15 is 0 Å². The van der Waals surface area contributed by atoms with E-state index < -0.39 is 12.0 Å². The molecular weight excluding hydrogens is 227 g/mol. The molecule has 0 unspecified atom stereocenters. The fourth-order valence-electron chi connectivity index (χ4n) is 1.99. The molecule has 2 atom stereocenters. The van der Waals surface area contributed by atoms with E-state index in [1.54, 1.807) is 0 Å². The SMILES string of the molecule is CO/N=C1/C[C@@H]2CC(=O)N2[C@H]1C(=O)[O-].[K+]. The number of carboxylic acid groups (broad SMARTS) is 1. The van der Waals surface area contributed by atoms with Gasteiger partial charge in [-0.1, -0.05) is 5.16 Å². The van der Waals surface area contributed by atoms with Crippen LogP contribution in [-0.2, 0) is 14.4 Å². The molecule has 0 radical (unpaired) electrons. The molecule has 0 N–H and O–H groups in total. The van der Waals surface area contributed by atoms with Crippen molar-refractivity contribution in [3.05, 3.63) is 0 Å². The minimum absolute atomic E-state index is 0. The molecule has 0 aromatic heterocycles. The van der Waals surface area contributed by atoms with Crippen molar-refractivity contribution in [1.29, 1.82) is 0 Å². The van der Waals surface area contributed by atoms with E-state index in [9.17, 15) is 14.7 Å². The number of carbonyl (C=O) groups is 2. The number of hydrogen-bond donors (Lipinski definition) is 0. The van der Waals surface area contributed by atoms with Gasteiger partial charge in [0.1, 0.15) is 13.2 Å². The monoisotopic (exact) mass is 236 g/mol. The second kappa shape index (κ2) is 4.92. The third kappa shape index (κ3) is 2.11. The van der Waals surface area contributed by atoms with Crippen LogP contribution < -0.4 is 56.5 Å². The Labute approximate surface area is 129 Å². The maximum Gasteiger partial charge on any atom is 1.00 e. The Hall–Kier alpha value is 0.0464. The van der Waals surface area contributed by atoms with Crippen LogP contribution in [0.15, 0.2) is 5.16 Å². The van der Waals surface area contributed by atoms with Crippen molar-refractivity contribution >= 4 is 17.6 Å². The summed E-state index contributed by atoms with van der Waals surface area (Å²) in [4.78, 5) is 27.7. The molecule has 0 aromatic rings. The average Bonchev–Trinajstić information content (AvgIpc) is 2.39. The van der Waals surface area contributed by atoms with Crippen LogP contribution in [0.3, 0.4) is 0 Å². The van der Waals surface area contributed by atoms with Crippen LogP contribution in [0.4, 0.5) is 0 Å². The Kier molecular flexibility index (Phi) is 4.30. The Morgan fingerprint density at radius 3 is 2.73 bits per heavy atom. The molecule has 1 amide bonds. The quantitative estimate of drug-likeness (QED) is 0.273. The summed E-state index contributed by atoms with van der Waals surface area (Å²) >= 11 is 0. The van der Waals surface area contributed by atoms with Crippen molar-refractivity contribution in [3.63, 3.8) is 0 Å². The molecule has 0 saturated carbocycles. The van der Waals surface area contributed by atoms with Crippen molar-refractivity contribution < 1.29 is 70.9 Å². The summed E-state index contributed by atoms with van der Waals surface area (Å²) in [5.41, 5.74) is 0.364. The summed E-state index contributed by atoms with van der Waals surface area (Å²) in [7, 11) is 1.34. The van der Waals surface area contributed by atoms with E-state index in [0.717, 1.165) is 0 Å². The first-order valence-corrected chi connectivity index (χ1v) is 4.27. The fraction of sp³-hybridized carbons (Fsp3) is 0.625. The van der Waals surface area contributed by atoms with Gasteiger partial charge in [-0.25, -0.2) is 0 Å². The molecule has 15 heavy (non-hydrogen) atoms. The van der Waals surface area contributed by atoms with Crippen LogP contribution in [0.1, 0.15) is 12.8 Å². The second-order valence-electron chi connectivity index (χ2n) is 3.35. The number of nitrogens with zero attached hydrogens (tertiary/aromatic N) is 2. The first kappa shape index (κ1) is 13.1. The molecule has 0 aliphatic carbocycles. The minimum atomic E-state index is -1.30. The number of β-lactam (4-membered cyclic amide) rings is 1. The number of aliphatic carboxylic acids is 1. The maximum absolute atomic E-state index is 11.1. The van der Waals surface area contributed by atoms with Crippen molar-refractivity contribution in [1.82, 2.24) is 4.90 Å². The van der Waals surface area contributed by atoms with Gasteiger partial charge in [-0.15, -0.1) is 0 Å². The van der Waals surface area contributed by atoms with E-state index in [1.807, 2.05) is 0 Å². The number of fused-ring (bicyclic) bond motifs is 1. The molecular formula is C8H9KN2O4. The molecule has 2 saturated heterocycles. The third-order valence-corrected chi connectivity index (χ3v) is 2.56. The van der Waals surface area contributed by atoms with E-state index in [4.69, 9.17) is 0 Å². The average molecular weight is 236 g/mol. The Morgan fingerprint density at radius 1 is 1.60 bits per heavy atom. The van der Waals surface area contributed by atoms with E-state index in [2.05, 4.69) is 9.99 Å². The summed E-state index contributed by atoms with van der Waals surface area (Å²) in [5.74, 6) is -1.46. The van der Waals surface area contributed by atoms with Gasteiger partial charge >= 0.3 is 51.4 Å². The molecule has 2 aliphatic heterocycles.